The van der Waals surface area contributed by atoms with Crippen LogP contribution in [0.1, 0.15) is 31.2 Å². The zero-order chi connectivity index (χ0) is 16.6. The highest BCUT2D eigenvalue weighted by Gasteiger charge is 2.48. The zero-order valence-electron chi connectivity index (χ0n) is 13.0. The number of carbonyl (C=O) groups excluding carboxylic acids is 3. The normalized spacial score (nSPS) is 23.8. The van der Waals surface area contributed by atoms with E-state index in [0.29, 0.717) is 10.7 Å². The lowest BCUT2D eigenvalue weighted by molar-refractivity contribution is -0.142. The van der Waals surface area contributed by atoms with Crippen LogP contribution in [0.5, 0.6) is 0 Å². The molecular weight excluding hydrogens is 316 g/mol. The predicted molar refractivity (Wildman–Crippen MR) is 87.0 cm³/mol. The van der Waals surface area contributed by atoms with E-state index in [4.69, 9.17) is 11.6 Å². The van der Waals surface area contributed by atoms with Crippen LogP contribution in [0.2, 0.25) is 5.02 Å². The van der Waals surface area contributed by atoms with Crippen molar-refractivity contribution in [1.29, 1.82) is 0 Å². The maximum Gasteiger partial charge on any atom is 0.244 e. The number of nitrogens with zero attached hydrogens (tertiary/aromatic N) is 1. The smallest absolute Gasteiger partial charge is 0.244 e. The molecule has 2 fully saturated rings. The molecule has 1 heterocycles. The molecule has 2 aliphatic rings. The summed E-state index contributed by atoms with van der Waals surface area (Å²) in [5.41, 5.74) is 1.47. The molecule has 0 bridgehead atoms. The molecule has 2 atom stereocenters. The third-order valence-corrected chi connectivity index (χ3v) is 5.10. The largest absolute Gasteiger partial charge is 0.324 e. The molecule has 1 saturated heterocycles. The van der Waals surface area contributed by atoms with Crippen molar-refractivity contribution in [2.24, 2.45) is 11.8 Å². The molecule has 3 amide bonds. The molecule has 1 saturated carbocycles. The maximum atomic E-state index is 12.3. The first-order valence-corrected chi connectivity index (χ1v) is 8.26. The van der Waals surface area contributed by atoms with Gasteiger partial charge in [-0.3, -0.25) is 19.3 Å². The summed E-state index contributed by atoms with van der Waals surface area (Å²) in [5, 5.41) is 3.25. The highest BCUT2D eigenvalue weighted by Crippen LogP contribution is 2.37. The second kappa shape index (κ2) is 6.32. The summed E-state index contributed by atoms with van der Waals surface area (Å²) in [6, 6.07) is 5.20. The number of imide groups is 1. The minimum atomic E-state index is -0.384. The Balaban J connectivity index is 1.66. The molecule has 3 rings (SSSR count). The molecule has 5 nitrogen and oxygen atoms in total. The lowest BCUT2D eigenvalue weighted by Gasteiger charge is -2.19. The van der Waals surface area contributed by atoms with Crippen molar-refractivity contribution in [1.82, 2.24) is 4.90 Å². The predicted octanol–water partition coefficient (Wildman–Crippen LogP) is 2.76. The van der Waals surface area contributed by atoms with Crippen molar-refractivity contribution >= 4 is 35.0 Å². The van der Waals surface area contributed by atoms with Crippen molar-refractivity contribution in [2.45, 2.75) is 32.6 Å². The zero-order valence-corrected chi connectivity index (χ0v) is 13.7. The van der Waals surface area contributed by atoms with Gasteiger partial charge in [-0.2, -0.15) is 0 Å². The van der Waals surface area contributed by atoms with Gasteiger partial charge in [-0.1, -0.05) is 30.5 Å². The lowest BCUT2D eigenvalue weighted by atomic mass is 9.81. The van der Waals surface area contributed by atoms with Gasteiger partial charge < -0.3 is 5.32 Å². The highest BCUT2D eigenvalue weighted by molar-refractivity contribution is 6.31. The Labute approximate surface area is 140 Å². The summed E-state index contributed by atoms with van der Waals surface area (Å²) in [4.78, 5) is 38.0. The average molecular weight is 335 g/mol. The number of nitrogens with one attached hydrogen (secondary N) is 1. The van der Waals surface area contributed by atoms with E-state index in [2.05, 4.69) is 5.32 Å². The summed E-state index contributed by atoms with van der Waals surface area (Å²) in [5.74, 6) is -1.23. The number of likely N-dealkylation sites (tertiary alicyclic amines) is 1. The Morgan fingerprint density at radius 2 is 1.83 bits per heavy atom. The molecule has 1 aliphatic heterocycles. The Morgan fingerprint density at radius 1 is 1.22 bits per heavy atom. The fourth-order valence-corrected chi connectivity index (χ4v) is 3.58. The number of aryl methyl sites for hydroxylation is 1. The van der Waals surface area contributed by atoms with E-state index in [9.17, 15) is 14.4 Å². The van der Waals surface area contributed by atoms with E-state index in [-0.39, 0.29) is 36.1 Å². The van der Waals surface area contributed by atoms with E-state index >= 15 is 0 Å². The van der Waals surface area contributed by atoms with Gasteiger partial charge in [0.15, 0.2) is 0 Å². The summed E-state index contributed by atoms with van der Waals surface area (Å²) < 4.78 is 0. The van der Waals surface area contributed by atoms with Gasteiger partial charge in [-0.05, 0) is 37.5 Å². The third kappa shape index (κ3) is 3.11. The SMILES string of the molecule is Cc1ccc(NC(=O)CN2C(=O)[C@H]3CCCC[C@@H]3C2=O)cc1Cl. The van der Waals surface area contributed by atoms with E-state index in [0.717, 1.165) is 36.1 Å². The van der Waals surface area contributed by atoms with Gasteiger partial charge in [0, 0.05) is 10.7 Å². The monoisotopic (exact) mass is 334 g/mol. The number of hydrogen-bond donors (Lipinski definition) is 1. The number of rotatable bonds is 3. The van der Waals surface area contributed by atoms with Crippen LogP contribution in [0, 0.1) is 18.8 Å². The van der Waals surface area contributed by atoms with Crippen LogP contribution in [0.25, 0.3) is 0 Å². The third-order valence-electron chi connectivity index (χ3n) is 4.69. The molecule has 0 radical (unpaired) electrons. The van der Waals surface area contributed by atoms with Crippen molar-refractivity contribution in [3.63, 3.8) is 0 Å². The van der Waals surface area contributed by atoms with E-state index in [1.165, 1.54) is 0 Å². The number of carbonyl (C=O) groups is 3. The molecule has 0 unspecified atom stereocenters. The molecular formula is C17H19ClN2O3. The molecule has 23 heavy (non-hydrogen) atoms. The Morgan fingerprint density at radius 3 is 2.39 bits per heavy atom. The first kappa shape index (κ1) is 16.0. The van der Waals surface area contributed by atoms with Crippen molar-refractivity contribution < 1.29 is 14.4 Å². The number of hydrogen-bond acceptors (Lipinski definition) is 3. The number of halogens is 1. The minimum Gasteiger partial charge on any atom is -0.324 e. The minimum absolute atomic E-state index is 0.197. The van der Waals surface area contributed by atoms with Gasteiger partial charge in [0.1, 0.15) is 6.54 Å². The van der Waals surface area contributed by atoms with Crippen LogP contribution < -0.4 is 5.32 Å². The fraction of sp³-hybridized carbons (Fsp3) is 0.471. The van der Waals surface area contributed by atoms with E-state index < -0.39 is 0 Å². The van der Waals surface area contributed by atoms with Crippen LogP contribution >= 0.6 is 11.6 Å². The van der Waals surface area contributed by atoms with Crippen molar-refractivity contribution in [3.8, 4) is 0 Å². The molecule has 0 spiro atoms. The molecule has 1 aromatic rings. The Hall–Kier alpha value is -1.88. The van der Waals surface area contributed by atoms with Gasteiger partial charge in [0.2, 0.25) is 17.7 Å². The van der Waals surface area contributed by atoms with Crippen molar-refractivity contribution in [2.75, 3.05) is 11.9 Å². The molecule has 1 aromatic carbocycles. The average Bonchev–Trinajstić information content (AvgIpc) is 2.76. The first-order valence-electron chi connectivity index (χ1n) is 7.88. The summed E-state index contributed by atoms with van der Waals surface area (Å²) in [6.07, 6.45) is 3.45. The van der Waals surface area contributed by atoms with Crippen LogP contribution in [0.3, 0.4) is 0 Å². The summed E-state index contributed by atoms with van der Waals surface area (Å²) in [6.45, 7) is 1.65. The molecule has 1 N–H and O–H groups in total. The van der Waals surface area contributed by atoms with Crippen LogP contribution in [0.4, 0.5) is 5.69 Å². The van der Waals surface area contributed by atoms with Gasteiger partial charge in [0.25, 0.3) is 0 Å². The second-order valence-electron chi connectivity index (χ2n) is 6.27. The molecule has 1 aliphatic carbocycles. The van der Waals surface area contributed by atoms with Crippen LogP contribution in [-0.2, 0) is 14.4 Å². The molecule has 6 heteroatoms. The van der Waals surface area contributed by atoms with E-state index in [1.54, 1.807) is 18.2 Å². The van der Waals surface area contributed by atoms with Gasteiger partial charge in [0.05, 0.1) is 11.8 Å². The standard InChI is InChI=1S/C17H19ClN2O3/c1-10-6-7-11(8-14(10)18)19-15(21)9-20-16(22)12-4-2-3-5-13(12)17(20)23/h6-8,12-13H,2-5,9H2,1H3,(H,19,21)/t12-,13-/m0/s1. The first-order chi connectivity index (χ1) is 11.0. The summed E-state index contributed by atoms with van der Waals surface area (Å²) in [7, 11) is 0. The van der Waals surface area contributed by atoms with Crippen LogP contribution in [0.15, 0.2) is 18.2 Å². The fourth-order valence-electron chi connectivity index (χ4n) is 3.40. The van der Waals surface area contributed by atoms with Gasteiger partial charge in [-0.15, -0.1) is 0 Å². The van der Waals surface area contributed by atoms with E-state index in [1.807, 2.05) is 6.92 Å². The molecule has 122 valence electrons. The second-order valence-corrected chi connectivity index (χ2v) is 6.68. The quantitative estimate of drug-likeness (QED) is 0.864. The van der Waals surface area contributed by atoms with Crippen molar-refractivity contribution in [3.05, 3.63) is 28.8 Å². The number of amides is 3. The van der Waals surface area contributed by atoms with Gasteiger partial charge >= 0.3 is 0 Å². The van der Waals surface area contributed by atoms with Crippen LogP contribution in [-0.4, -0.2) is 29.2 Å². The number of benzene rings is 1. The Kier molecular flexibility index (Phi) is 4.39. The molecule has 0 aromatic heterocycles. The number of fused-ring (bicyclic) bond motifs is 1. The topological polar surface area (TPSA) is 66.5 Å². The van der Waals surface area contributed by atoms with Gasteiger partial charge in [-0.25, -0.2) is 0 Å². The Bertz CT molecular complexity index is 650. The maximum absolute atomic E-state index is 12.3. The lowest BCUT2D eigenvalue weighted by Crippen LogP contribution is -2.38. The highest BCUT2D eigenvalue weighted by atomic mass is 35.5. The number of anilines is 1. The summed E-state index contributed by atoms with van der Waals surface area (Å²) >= 11 is 6.03.